The molecule has 8 heteroatoms. The number of aromatic nitrogens is 6. The first kappa shape index (κ1) is 59.0. The van der Waals surface area contributed by atoms with Crippen molar-refractivity contribution in [2.45, 2.75) is 0 Å². The van der Waals surface area contributed by atoms with Crippen LogP contribution in [0.3, 0.4) is 0 Å². The molecule has 0 saturated heterocycles. The molecular weight excluding hydrogens is 1220 g/mol. The zero-order valence-electron chi connectivity index (χ0n) is 54.1. The van der Waals surface area contributed by atoms with E-state index in [9.17, 15) is 0 Å². The molecule has 0 saturated carbocycles. The van der Waals surface area contributed by atoms with Crippen LogP contribution in [0.25, 0.3) is 167 Å². The molecule has 5 aromatic heterocycles. The lowest BCUT2D eigenvalue weighted by Gasteiger charge is -2.13. The van der Waals surface area contributed by atoms with Crippen molar-refractivity contribution in [1.82, 2.24) is 29.1 Å². The summed E-state index contributed by atoms with van der Waals surface area (Å²) >= 11 is 0. The van der Waals surface area contributed by atoms with Gasteiger partial charge in [0.15, 0.2) is 23.0 Å². The highest BCUT2D eigenvalue weighted by molar-refractivity contribution is 6.14. The molecule has 5 heterocycles. The number of rotatable bonds is 12. The van der Waals surface area contributed by atoms with Crippen LogP contribution in [0.5, 0.6) is 11.5 Å². The van der Waals surface area contributed by atoms with Crippen LogP contribution in [-0.4, -0.2) is 29.1 Å². The van der Waals surface area contributed by atoms with Gasteiger partial charge in [-0.05, 0) is 106 Å². The third-order valence-electron chi connectivity index (χ3n) is 18.8. The van der Waals surface area contributed by atoms with E-state index in [2.05, 4.69) is 251 Å². The molecule has 470 valence electrons. The van der Waals surface area contributed by atoms with Gasteiger partial charge >= 0.3 is 0 Å². The third kappa shape index (κ3) is 11.0. The highest BCUT2D eigenvalue weighted by atomic mass is 16.5. The van der Waals surface area contributed by atoms with Crippen LogP contribution in [-0.2, 0) is 0 Å². The average Bonchev–Trinajstić information content (AvgIpc) is 1.93. The monoisotopic (exact) mass is 1280 g/mol. The fraction of sp³-hybridized carbons (Fsp3) is 0. The predicted octanol–water partition coefficient (Wildman–Crippen LogP) is 24.2. The Morgan fingerprint density at radius 3 is 1.34 bits per heavy atom. The molecule has 0 atom stereocenters. The molecule has 8 nitrogen and oxygen atoms in total. The second-order valence-corrected chi connectivity index (χ2v) is 24.8. The van der Waals surface area contributed by atoms with E-state index in [1.54, 1.807) is 6.20 Å². The minimum atomic E-state index is 0.608. The fourth-order valence-corrected chi connectivity index (χ4v) is 13.9. The van der Waals surface area contributed by atoms with Gasteiger partial charge in [0.1, 0.15) is 28.2 Å². The number of furan rings is 1. The van der Waals surface area contributed by atoms with Gasteiger partial charge in [0.25, 0.3) is 0 Å². The molecule has 0 aliphatic carbocycles. The topological polar surface area (TPSA) is 83.8 Å². The Bertz CT molecular complexity index is 6180. The van der Waals surface area contributed by atoms with E-state index in [-0.39, 0.29) is 0 Å². The van der Waals surface area contributed by atoms with Gasteiger partial charge in [-0.2, -0.15) is 0 Å². The Balaban J connectivity index is 0.000000144. The van der Waals surface area contributed by atoms with Gasteiger partial charge in [0, 0.05) is 66.1 Å². The van der Waals surface area contributed by atoms with E-state index in [1.807, 2.05) is 121 Å². The maximum absolute atomic E-state index is 6.48. The van der Waals surface area contributed by atoms with Gasteiger partial charge in [-0.25, -0.2) is 19.9 Å². The van der Waals surface area contributed by atoms with Gasteiger partial charge in [-0.1, -0.05) is 291 Å². The van der Waals surface area contributed by atoms with Crippen molar-refractivity contribution in [2.24, 2.45) is 0 Å². The first-order valence-electron chi connectivity index (χ1n) is 33.6. The average molecular weight is 1280 g/mol. The number of para-hydroxylation sites is 5. The van der Waals surface area contributed by atoms with E-state index < -0.39 is 0 Å². The zero-order valence-corrected chi connectivity index (χ0v) is 54.1. The number of hydrogen-bond acceptors (Lipinski definition) is 6. The zero-order chi connectivity index (χ0) is 66.3. The molecule has 0 bridgehead atoms. The standard InChI is InChI=1S/C46H29N3O.C46H31N3O/c1-4-13-32(14-5-1)42-45-43(48-46(47-42)33-15-6-2-7-16-33)39-29-34(27-28-41(39)50-45)30-23-25-31(26-24-30)36-20-12-21-38-37-19-10-11-22-40(37)49(44(36)38)35-17-8-3-9-18-35;1-4-12-35(13-5-1)45-44(31-47-46(48-45)36-14-6-2-7-15-36)50-39-27-24-33(25-28-39)32-20-22-34(23-21-32)37-26-29-41-40-18-10-11-19-42(40)49(43(41)30-37)38-16-8-3-9-17-38/h1-29H;1-31H. The van der Waals surface area contributed by atoms with Crippen LogP contribution in [0.2, 0.25) is 0 Å². The first-order chi connectivity index (χ1) is 49.6. The molecule has 19 aromatic rings. The molecule has 0 amide bonds. The Hall–Kier alpha value is -13.6. The largest absolute Gasteiger partial charge is 0.453 e. The van der Waals surface area contributed by atoms with Crippen LogP contribution < -0.4 is 4.74 Å². The van der Waals surface area contributed by atoms with E-state index >= 15 is 0 Å². The van der Waals surface area contributed by atoms with Crippen LogP contribution in [0.4, 0.5) is 0 Å². The van der Waals surface area contributed by atoms with Crippen molar-refractivity contribution in [2.75, 3.05) is 0 Å². The molecule has 14 aromatic carbocycles. The molecule has 0 aliphatic heterocycles. The summed E-state index contributed by atoms with van der Waals surface area (Å²) in [5.74, 6) is 2.67. The summed E-state index contributed by atoms with van der Waals surface area (Å²) in [5.41, 5.74) is 24.1. The van der Waals surface area contributed by atoms with E-state index in [0.717, 1.165) is 89.5 Å². The van der Waals surface area contributed by atoms with Crippen LogP contribution >= 0.6 is 0 Å². The molecule has 100 heavy (non-hydrogen) atoms. The van der Waals surface area contributed by atoms with Crippen LogP contribution in [0.15, 0.2) is 369 Å². The molecule has 0 N–H and O–H groups in total. The second-order valence-electron chi connectivity index (χ2n) is 24.8. The van der Waals surface area contributed by atoms with Crippen molar-refractivity contribution >= 4 is 65.7 Å². The molecule has 19 rings (SSSR count). The summed E-state index contributed by atoms with van der Waals surface area (Å²) in [6, 6.07) is 125. The number of ether oxygens (including phenoxy) is 1. The van der Waals surface area contributed by atoms with Gasteiger partial charge in [0.05, 0.1) is 28.3 Å². The molecule has 0 spiro atoms. The molecule has 0 fully saturated rings. The minimum absolute atomic E-state index is 0.608. The Kier molecular flexibility index (Phi) is 15.1. The summed E-state index contributed by atoms with van der Waals surface area (Å²) in [5, 5.41) is 5.97. The van der Waals surface area contributed by atoms with E-state index in [0.29, 0.717) is 23.0 Å². The van der Waals surface area contributed by atoms with Crippen LogP contribution in [0, 0.1) is 0 Å². The lowest BCUT2D eigenvalue weighted by atomic mass is 9.98. The van der Waals surface area contributed by atoms with Gasteiger partial charge in [0.2, 0.25) is 0 Å². The minimum Gasteiger partial charge on any atom is -0.453 e. The Morgan fingerprint density at radius 1 is 0.280 bits per heavy atom. The highest BCUT2D eigenvalue weighted by Crippen LogP contribution is 2.43. The normalized spacial score (nSPS) is 11.4. The maximum Gasteiger partial charge on any atom is 0.180 e. The van der Waals surface area contributed by atoms with E-state index in [4.69, 9.17) is 24.1 Å². The second kappa shape index (κ2) is 25.5. The van der Waals surface area contributed by atoms with Crippen molar-refractivity contribution in [3.05, 3.63) is 364 Å². The Labute approximate surface area is 577 Å². The van der Waals surface area contributed by atoms with Crippen LogP contribution in [0.1, 0.15) is 0 Å². The Morgan fingerprint density at radius 2 is 0.720 bits per heavy atom. The summed E-state index contributed by atoms with van der Waals surface area (Å²) in [6.07, 6.45) is 1.76. The van der Waals surface area contributed by atoms with Crippen molar-refractivity contribution in [3.8, 4) is 113 Å². The SMILES string of the molecule is c1ccc(-c2nc(-c3ccccc3)c3oc4ccc(-c5ccc(-c6cccc7c8ccccc8n(-c8ccccc8)c67)cc5)cc4c3n2)cc1.c1ccc(-c2ncc(Oc3ccc(-c4ccc(-c5ccc6c7ccccc7n(-c7ccccc7)c6c5)cc4)cc3)c(-c3ccccc3)n2)cc1. The summed E-state index contributed by atoms with van der Waals surface area (Å²) < 4.78 is 17.6. The fourth-order valence-electron chi connectivity index (χ4n) is 13.9. The van der Waals surface area contributed by atoms with Crippen molar-refractivity contribution in [3.63, 3.8) is 0 Å². The first-order valence-corrected chi connectivity index (χ1v) is 33.6. The molecule has 0 radical (unpaired) electrons. The number of benzene rings is 14. The van der Waals surface area contributed by atoms with Gasteiger partial charge in [-0.3, -0.25) is 0 Å². The number of hydrogen-bond donors (Lipinski definition) is 0. The molecule has 0 unspecified atom stereocenters. The summed E-state index contributed by atoms with van der Waals surface area (Å²) in [6.45, 7) is 0. The third-order valence-corrected chi connectivity index (χ3v) is 18.8. The molecular formula is C92H60N6O2. The molecule has 0 aliphatic rings. The van der Waals surface area contributed by atoms with Crippen molar-refractivity contribution < 1.29 is 9.15 Å². The van der Waals surface area contributed by atoms with Crippen molar-refractivity contribution in [1.29, 1.82) is 0 Å². The predicted molar refractivity (Wildman–Crippen MR) is 410 cm³/mol. The van der Waals surface area contributed by atoms with Gasteiger partial charge < -0.3 is 18.3 Å². The smallest absolute Gasteiger partial charge is 0.180 e. The highest BCUT2D eigenvalue weighted by Gasteiger charge is 2.22. The lowest BCUT2D eigenvalue weighted by Crippen LogP contribution is -1.96. The van der Waals surface area contributed by atoms with Gasteiger partial charge in [-0.15, -0.1) is 0 Å². The van der Waals surface area contributed by atoms with E-state index in [1.165, 1.54) is 65.9 Å². The number of nitrogens with zero attached hydrogens (tertiary/aromatic N) is 6. The lowest BCUT2D eigenvalue weighted by molar-refractivity contribution is 0.480. The quantitative estimate of drug-likeness (QED) is 0.121. The summed E-state index contributed by atoms with van der Waals surface area (Å²) in [7, 11) is 0. The summed E-state index contributed by atoms with van der Waals surface area (Å²) in [4.78, 5) is 19.6. The maximum atomic E-state index is 6.48. The number of fused-ring (bicyclic) bond motifs is 9.